The molecule has 0 radical (unpaired) electrons. The Morgan fingerprint density at radius 2 is 1.83 bits per heavy atom. The maximum Gasteiger partial charge on any atom is 0.183 e. The predicted octanol–water partition coefficient (Wildman–Crippen LogP) is 4.70. The highest BCUT2D eigenvalue weighted by molar-refractivity contribution is 5.76. The van der Waals surface area contributed by atoms with E-state index in [0.29, 0.717) is 11.0 Å². The molecule has 4 nitrogen and oxygen atoms in total. The smallest absolute Gasteiger partial charge is 0.183 e. The predicted molar refractivity (Wildman–Crippen MR) is 84.8 cm³/mol. The van der Waals surface area contributed by atoms with Crippen molar-refractivity contribution in [1.82, 2.24) is 9.97 Å². The molecule has 0 unspecified atom stereocenters. The number of fused-ring (bicyclic) bond motifs is 1. The quantitative estimate of drug-likeness (QED) is 0.700. The molecule has 120 valence electrons. The number of hydrogen-bond donors (Lipinski definition) is 0. The van der Waals surface area contributed by atoms with E-state index in [1.165, 1.54) is 0 Å². The van der Waals surface area contributed by atoms with Crippen LogP contribution in [0.15, 0.2) is 36.5 Å². The first-order valence-electron chi connectivity index (χ1n) is 7.32. The molecule has 0 aliphatic carbocycles. The summed E-state index contributed by atoms with van der Waals surface area (Å²) in [6.07, 6.45) is 1.70. The monoisotopic (exact) mass is 325 g/mol. The highest BCUT2D eigenvalue weighted by Crippen LogP contribution is 2.31. The van der Waals surface area contributed by atoms with E-state index in [4.69, 9.17) is 10.00 Å². The van der Waals surface area contributed by atoms with E-state index in [1.54, 1.807) is 30.5 Å². The van der Waals surface area contributed by atoms with Crippen LogP contribution >= 0.6 is 0 Å². The van der Waals surface area contributed by atoms with Gasteiger partial charge in [0.25, 0.3) is 0 Å². The topological polar surface area (TPSA) is 58.8 Å². The molecule has 0 spiro atoms. The van der Waals surface area contributed by atoms with Crippen molar-refractivity contribution in [2.45, 2.75) is 19.8 Å². The SMILES string of the molecule is CC(C)c1cnc2ccc(Oc3c(F)ccc(F)c3C#N)cc2n1. The van der Waals surface area contributed by atoms with Crippen molar-refractivity contribution in [3.05, 3.63) is 59.4 Å². The molecule has 0 saturated heterocycles. The van der Waals surface area contributed by atoms with E-state index >= 15 is 0 Å². The maximum atomic E-state index is 13.9. The van der Waals surface area contributed by atoms with E-state index in [9.17, 15) is 8.78 Å². The summed E-state index contributed by atoms with van der Waals surface area (Å²) in [5.74, 6) is -1.63. The Hall–Kier alpha value is -3.07. The Bertz CT molecular complexity index is 964. The molecule has 0 aliphatic heterocycles. The number of rotatable bonds is 3. The standard InChI is InChI=1S/C18H13F2N3O/c1-10(2)17-9-22-15-6-3-11(7-16(15)23-17)24-18-12(8-21)13(19)4-5-14(18)20/h3-7,9-10H,1-2H3. The minimum atomic E-state index is -0.837. The number of halogens is 2. The van der Waals surface area contributed by atoms with Crippen molar-refractivity contribution in [3.63, 3.8) is 0 Å². The molecule has 0 amide bonds. The van der Waals surface area contributed by atoms with Gasteiger partial charge in [0.1, 0.15) is 23.2 Å². The second-order valence-corrected chi connectivity index (χ2v) is 5.55. The Morgan fingerprint density at radius 3 is 2.54 bits per heavy atom. The summed E-state index contributed by atoms with van der Waals surface area (Å²) in [7, 11) is 0. The third-order valence-corrected chi connectivity index (χ3v) is 3.51. The van der Waals surface area contributed by atoms with Crippen molar-refractivity contribution in [1.29, 1.82) is 5.26 Å². The van der Waals surface area contributed by atoms with E-state index in [0.717, 1.165) is 17.8 Å². The minimum absolute atomic E-state index is 0.206. The van der Waals surface area contributed by atoms with Gasteiger partial charge in [-0.25, -0.2) is 13.8 Å². The van der Waals surface area contributed by atoms with Gasteiger partial charge in [0.15, 0.2) is 11.6 Å². The third kappa shape index (κ3) is 2.88. The highest BCUT2D eigenvalue weighted by Gasteiger charge is 2.16. The second-order valence-electron chi connectivity index (χ2n) is 5.55. The summed E-state index contributed by atoms with van der Waals surface area (Å²) in [4.78, 5) is 8.80. The fourth-order valence-electron chi connectivity index (χ4n) is 2.20. The van der Waals surface area contributed by atoms with Gasteiger partial charge in [-0.15, -0.1) is 0 Å². The number of nitrogens with zero attached hydrogens (tertiary/aromatic N) is 3. The number of benzene rings is 2. The number of hydrogen-bond acceptors (Lipinski definition) is 4. The summed E-state index contributed by atoms with van der Waals surface area (Å²) in [6.45, 7) is 4.00. The maximum absolute atomic E-state index is 13.9. The molecular weight excluding hydrogens is 312 g/mol. The molecule has 0 atom stereocenters. The van der Waals surface area contributed by atoms with Gasteiger partial charge < -0.3 is 4.74 Å². The van der Waals surface area contributed by atoms with Crippen LogP contribution in [0.1, 0.15) is 31.0 Å². The first-order chi connectivity index (χ1) is 11.5. The Morgan fingerprint density at radius 1 is 1.08 bits per heavy atom. The Balaban J connectivity index is 2.05. The minimum Gasteiger partial charge on any atom is -0.453 e. The van der Waals surface area contributed by atoms with Gasteiger partial charge in [0.05, 0.1) is 16.7 Å². The first kappa shape index (κ1) is 15.8. The van der Waals surface area contributed by atoms with Gasteiger partial charge in [0, 0.05) is 12.3 Å². The van der Waals surface area contributed by atoms with Crippen molar-refractivity contribution >= 4 is 11.0 Å². The van der Waals surface area contributed by atoms with E-state index < -0.39 is 22.9 Å². The average molecular weight is 325 g/mol. The van der Waals surface area contributed by atoms with Gasteiger partial charge in [0.2, 0.25) is 0 Å². The van der Waals surface area contributed by atoms with Crippen LogP contribution in [0.5, 0.6) is 11.5 Å². The van der Waals surface area contributed by atoms with Gasteiger partial charge in [-0.3, -0.25) is 4.98 Å². The lowest BCUT2D eigenvalue weighted by Gasteiger charge is -2.10. The van der Waals surface area contributed by atoms with Crippen molar-refractivity contribution in [2.75, 3.05) is 0 Å². The van der Waals surface area contributed by atoms with Crippen LogP contribution in [-0.4, -0.2) is 9.97 Å². The molecule has 0 saturated carbocycles. The summed E-state index contributed by atoms with van der Waals surface area (Å²) in [6, 6.07) is 8.25. The van der Waals surface area contributed by atoms with Crippen LogP contribution in [0, 0.1) is 23.0 Å². The molecule has 0 bridgehead atoms. The lowest BCUT2D eigenvalue weighted by atomic mass is 10.1. The molecule has 24 heavy (non-hydrogen) atoms. The Labute approximate surface area is 137 Å². The van der Waals surface area contributed by atoms with Crippen molar-refractivity contribution in [3.8, 4) is 17.6 Å². The molecule has 3 aromatic rings. The first-order valence-corrected chi connectivity index (χ1v) is 7.32. The normalized spacial score (nSPS) is 10.8. The molecule has 1 aromatic heterocycles. The molecule has 6 heteroatoms. The van der Waals surface area contributed by atoms with Crippen LogP contribution in [-0.2, 0) is 0 Å². The summed E-state index contributed by atoms with van der Waals surface area (Å²) < 4.78 is 33.0. The van der Waals surface area contributed by atoms with Gasteiger partial charge in [-0.05, 0) is 30.2 Å². The molecular formula is C18H13F2N3O. The second kappa shape index (κ2) is 6.20. The lowest BCUT2D eigenvalue weighted by Crippen LogP contribution is -1.97. The average Bonchev–Trinajstić information content (AvgIpc) is 2.57. The summed E-state index contributed by atoms with van der Waals surface area (Å²) in [5, 5.41) is 9.01. The largest absolute Gasteiger partial charge is 0.453 e. The van der Waals surface area contributed by atoms with Crippen LogP contribution in [0.2, 0.25) is 0 Å². The molecule has 2 aromatic carbocycles. The summed E-state index contributed by atoms with van der Waals surface area (Å²) >= 11 is 0. The van der Waals surface area contributed by atoms with Gasteiger partial charge in [-0.1, -0.05) is 13.8 Å². The molecule has 1 heterocycles. The van der Waals surface area contributed by atoms with E-state index in [1.807, 2.05) is 13.8 Å². The van der Waals surface area contributed by atoms with Crippen LogP contribution in [0.25, 0.3) is 11.0 Å². The third-order valence-electron chi connectivity index (χ3n) is 3.51. The van der Waals surface area contributed by atoms with E-state index in [-0.39, 0.29) is 11.7 Å². The van der Waals surface area contributed by atoms with Crippen molar-refractivity contribution < 1.29 is 13.5 Å². The number of nitriles is 1. The number of aromatic nitrogens is 2. The van der Waals surface area contributed by atoms with Crippen LogP contribution in [0.3, 0.4) is 0 Å². The zero-order valence-electron chi connectivity index (χ0n) is 13.0. The van der Waals surface area contributed by atoms with Gasteiger partial charge >= 0.3 is 0 Å². The number of ether oxygens (including phenoxy) is 1. The molecule has 0 N–H and O–H groups in total. The fraction of sp³-hybridized carbons (Fsp3) is 0.167. The molecule has 0 fully saturated rings. The van der Waals surface area contributed by atoms with Crippen LogP contribution in [0.4, 0.5) is 8.78 Å². The van der Waals surface area contributed by atoms with Crippen LogP contribution < -0.4 is 4.74 Å². The fourth-order valence-corrected chi connectivity index (χ4v) is 2.20. The zero-order chi connectivity index (χ0) is 17.3. The molecule has 3 rings (SSSR count). The van der Waals surface area contributed by atoms with E-state index in [2.05, 4.69) is 9.97 Å². The highest BCUT2D eigenvalue weighted by atomic mass is 19.1. The van der Waals surface area contributed by atoms with Crippen molar-refractivity contribution in [2.24, 2.45) is 0 Å². The summed E-state index contributed by atoms with van der Waals surface area (Å²) in [5.41, 5.74) is 1.58. The zero-order valence-corrected chi connectivity index (χ0v) is 13.0. The lowest BCUT2D eigenvalue weighted by molar-refractivity contribution is 0.435. The van der Waals surface area contributed by atoms with Gasteiger partial charge in [-0.2, -0.15) is 5.26 Å². The molecule has 0 aliphatic rings. The Kier molecular flexibility index (Phi) is 4.09.